The Bertz CT molecular complexity index is 924. The van der Waals surface area contributed by atoms with Crippen LogP contribution in [0.4, 0.5) is 5.69 Å². The van der Waals surface area contributed by atoms with Crippen LogP contribution in [0.5, 0.6) is 5.75 Å². The molecule has 0 aromatic heterocycles. The molecule has 1 aliphatic heterocycles. The van der Waals surface area contributed by atoms with Crippen LogP contribution in [0.2, 0.25) is 0 Å². The van der Waals surface area contributed by atoms with E-state index in [4.69, 9.17) is 4.74 Å². The van der Waals surface area contributed by atoms with Crippen LogP contribution >= 0.6 is 0 Å². The molecule has 1 fully saturated rings. The highest BCUT2D eigenvalue weighted by molar-refractivity contribution is 6.23. The molecule has 0 N–H and O–H groups in total. The predicted molar refractivity (Wildman–Crippen MR) is 120 cm³/mol. The molecule has 0 radical (unpaired) electrons. The summed E-state index contributed by atoms with van der Waals surface area (Å²) in [5, 5.41) is 0. The van der Waals surface area contributed by atoms with Gasteiger partial charge < -0.3 is 9.64 Å². The first-order chi connectivity index (χ1) is 14.8. The Morgan fingerprint density at radius 1 is 1.06 bits per heavy atom. The number of carbonyl (C=O) groups excluding carboxylic acids is 3. The number of imide groups is 1. The van der Waals surface area contributed by atoms with Gasteiger partial charge in [-0.05, 0) is 49.1 Å². The third kappa shape index (κ3) is 4.95. The van der Waals surface area contributed by atoms with Gasteiger partial charge in [0, 0.05) is 6.04 Å². The van der Waals surface area contributed by atoms with Crippen molar-refractivity contribution < 1.29 is 19.1 Å². The highest BCUT2D eigenvalue weighted by atomic mass is 16.5. The molecule has 2 unspecified atom stereocenters. The lowest BCUT2D eigenvalue weighted by atomic mass is 10.0. The molecule has 31 heavy (non-hydrogen) atoms. The Balaban J connectivity index is 1.79. The van der Waals surface area contributed by atoms with Crippen LogP contribution < -0.4 is 9.64 Å². The Labute approximate surface area is 183 Å². The summed E-state index contributed by atoms with van der Waals surface area (Å²) < 4.78 is 5.61. The molecular weight excluding hydrogens is 392 g/mol. The fourth-order valence-electron chi connectivity index (χ4n) is 3.77. The summed E-state index contributed by atoms with van der Waals surface area (Å²) >= 11 is 0. The number of para-hydroxylation sites is 1. The minimum atomic E-state index is -0.820. The molecule has 0 saturated carbocycles. The molecule has 1 saturated heterocycles. The van der Waals surface area contributed by atoms with Gasteiger partial charge >= 0.3 is 0 Å². The van der Waals surface area contributed by atoms with Gasteiger partial charge in [-0.2, -0.15) is 0 Å². The third-order valence-corrected chi connectivity index (χ3v) is 5.74. The maximum absolute atomic E-state index is 13.2. The Hall–Kier alpha value is -3.15. The van der Waals surface area contributed by atoms with Crippen LogP contribution in [0.3, 0.4) is 0 Å². The van der Waals surface area contributed by atoms with E-state index in [1.54, 1.807) is 24.3 Å². The largest absolute Gasteiger partial charge is 0.484 e. The Morgan fingerprint density at radius 3 is 2.29 bits per heavy atom. The molecule has 0 spiro atoms. The van der Waals surface area contributed by atoms with E-state index in [1.807, 2.05) is 44.2 Å². The van der Waals surface area contributed by atoms with E-state index < -0.39 is 6.04 Å². The minimum absolute atomic E-state index is 0.0216. The molecule has 1 heterocycles. The van der Waals surface area contributed by atoms with Crippen molar-refractivity contribution in [2.24, 2.45) is 0 Å². The van der Waals surface area contributed by atoms with Crippen LogP contribution in [-0.2, 0) is 14.4 Å². The van der Waals surface area contributed by atoms with Gasteiger partial charge in [-0.1, -0.05) is 51.1 Å². The van der Waals surface area contributed by atoms with Crippen molar-refractivity contribution in [3.8, 4) is 5.75 Å². The quantitative estimate of drug-likeness (QED) is 0.600. The van der Waals surface area contributed by atoms with E-state index in [-0.39, 0.29) is 36.8 Å². The number of hydrogen-bond acceptors (Lipinski definition) is 4. The molecule has 2 atom stereocenters. The summed E-state index contributed by atoms with van der Waals surface area (Å²) in [7, 11) is 0. The van der Waals surface area contributed by atoms with Crippen molar-refractivity contribution in [3.63, 3.8) is 0 Å². The lowest BCUT2D eigenvalue weighted by molar-refractivity contribution is -0.142. The summed E-state index contributed by atoms with van der Waals surface area (Å²) in [5.41, 5.74) is 1.67. The molecule has 164 valence electrons. The van der Waals surface area contributed by atoms with Gasteiger partial charge in [0.2, 0.25) is 5.91 Å². The SMILES string of the molecule is CCC(C)N(C(=O)COc1ccccc1)C1CC(=O)N(c2ccc(C(C)C)cc2)C1=O. The average Bonchev–Trinajstić information content (AvgIpc) is 3.06. The zero-order chi connectivity index (χ0) is 22.5. The van der Waals surface area contributed by atoms with Gasteiger partial charge in [0.25, 0.3) is 11.8 Å². The van der Waals surface area contributed by atoms with E-state index in [9.17, 15) is 14.4 Å². The van der Waals surface area contributed by atoms with E-state index in [2.05, 4.69) is 13.8 Å². The summed E-state index contributed by atoms with van der Waals surface area (Å²) in [6.07, 6.45) is 0.643. The van der Waals surface area contributed by atoms with Gasteiger partial charge in [-0.3, -0.25) is 14.4 Å². The van der Waals surface area contributed by atoms with Crippen molar-refractivity contribution in [3.05, 3.63) is 60.2 Å². The van der Waals surface area contributed by atoms with Crippen molar-refractivity contribution in [1.29, 1.82) is 0 Å². The van der Waals surface area contributed by atoms with Crippen LogP contribution in [0, 0.1) is 0 Å². The number of ether oxygens (including phenoxy) is 1. The second kappa shape index (κ2) is 9.77. The number of anilines is 1. The second-order valence-corrected chi connectivity index (χ2v) is 8.19. The summed E-state index contributed by atoms with van der Waals surface area (Å²) in [4.78, 5) is 41.8. The van der Waals surface area contributed by atoms with E-state index >= 15 is 0 Å². The molecule has 0 bridgehead atoms. The van der Waals surface area contributed by atoms with Gasteiger partial charge in [0.05, 0.1) is 12.1 Å². The van der Waals surface area contributed by atoms with Crippen LogP contribution in [0.15, 0.2) is 54.6 Å². The normalized spacial score (nSPS) is 17.2. The van der Waals surface area contributed by atoms with Gasteiger partial charge in [0.15, 0.2) is 6.61 Å². The Morgan fingerprint density at radius 2 is 1.71 bits per heavy atom. The van der Waals surface area contributed by atoms with Crippen LogP contribution in [0.25, 0.3) is 0 Å². The fourth-order valence-corrected chi connectivity index (χ4v) is 3.77. The highest BCUT2D eigenvalue weighted by Crippen LogP contribution is 2.29. The van der Waals surface area contributed by atoms with Crippen LogP contribution in [-0.4, -0.2) is 41.3 Å². The first-order valence-electron chi connectivity index (χ1n) is 10.8. The van der Waals surface area contributed by atoms with E-state index in [1.165, 1.54) is 9.80 Å². The molecule has 2 aromatic carbocycles. The zero-order valence-corrected chi connectivity index (χ0v) is 18.6. The minimum Gasteiger partial charge on any atom is -0.484 e. The first kappa shape index (κ1) is 22.5. The number of hydrogen-bond donors (Lipinski definition) is 0. The van der Waals surface area contributed by atoms with Crippen molar-refractivity contribution in [2.75, 3.05) is 11.5 Å². The lowest BCUT2D eigenvalue weighted by Gasteiger charge is -2.32. The summed E-state index contributed by atoms with van der Waals surface area (Å²) in [6, 6.07) is 15.5. The Kier molecular flexibility index (Phi) is 7.10. The fraction of sp³-hybridized carbons (Fsp3) is 0.400. The molecule has 2 aromatic rings. The molecule has 0 aliphatic carbocycles. The second-order valence-electron chi connectivity index (χ2n) is 8.19. The number of nitrogens with zero attached hydrogens (tertiary/aromatic N) is 2. The molecule has 1 aliphatic rings. The molecule has 3 amide bonds. The number of benzene rings is 2. The van der Waals surface area contributed by atoms with E-state index in [0.29, 0.717) is 23.8 Å². The monoisotopic (exact) mass is 422 g/mol. The standard InChI is InChI=1S/C25H30N2O4/c1-5-18(4)26(24(29)16-31-21-9-7-6-8-10-21)22-15-23(28)27(25(22)30)20-13-11-19(12-14-20)17(2)3/h6-14,17-18,22H,5,15-16H2,1-4H3. The molecule has 6 heteroatoms. The van der Waals surface area contributed by atoms with Gasteiger partial charge in [0.1, 0.15) is 11.8 Å². The maximum Gasteiger partial charge on any atom is 0.261 e. The maximum atomic E-state index is 13.2. The number of amides is 3. The number of rotatable bonds is 8. The summed E-state index contributed by atoms with van der Waals surface area (Å²) in [6.45, 7) is 7.83. The first-order valence-corrected chi connectivity index (χ1v) is 10.8. The van der Waals surface area contributed by atoms with Crippen molar-refractivity contribution in [2.45, 2.75) is 58.5 Å². The lowest BCUT2D eigenvalue weighted by Crippen LogP contribution is -2.51. The molecule has 6 nitrogen and oxygen atoms in total. The molecule has 3 rings (SSSR count). The topological polar surface area (TPSA) is 66.9 Å². The van der Waals surface area contributed by atoms with E-state index in [0.717, 1.165) is 5.56 Å². The van der Waals surface area contributed by atoms with Gasteiger partial charge in [-0.25, -0.2) is 4.90 Å². The van der Waals surface area contributed by atoms with Crippen molar-refractivity contribution in [1.82, 2.24) is 4.90 Å². The van der Waals surface area contributed by atoms with Gasteiger partial charge in [-0.15, -0.1) is 0 Å². The highest BCUT2D eigenvalue weighted by Gasteiger charge is 2.45. The third-order valence-electron chi connectivity index (χ3n) is 5.74. The zero-order valence-electron chi connectivity index (χ0n) is 18.6. The smallest absolute Gasteiger partial charge is 0.261 e. The average molecular weight is 423 g/mol. The summed E-state index contributed by atoms with van der Waals surface area (Å²) in [5.74, 6) is -0.0232. The molecular formula is C25H30N2O4. The predicted octanol–water partition coefficient (Wildman–Crippen LogP) is 4.15. The van der Waals surface area contributed by atoms with Crippen molar-refractivity contribution >= 4 is 23.4 Å². The van der Waals surface area contributed by atoms with Crippen LogP contribution in [0.1, 0.15) is 52.0 Å². The number of carbonyl (C=O) groups is 3.